The number of aliphatic hydroxyl groups is 1. The average Bonchev–Trinajstić information content (AvgIpc) is 2.63. The Morgan fingerprint density at radius 2 is 1.53 bits per heavy atom. The van der Waals surface area contributed by atoms with Crippen LogP contribution in [0.15, 0.2) is 24.3 Å². The third-order valence-corrected chi connectivity index (χ3v) is 2.42. The Kier molecular flexibility index (Phi) is 4.84. The zero-order chi connectivity index (χ0) is 12.8. The number of benzene rings is 1. The molecule has 0 saturated carbocycles. The maximum absolute atomic E-state index is 11.7. The van der Waals surface area contributed by atoms with Crippen molar-refractivity contribution >= 4 is 11.8 Å². The van der Waals surface area contributed by atoms with Crippen LogP contribution in [0.25, 0.3) is 0 Å². The lowest BCUT2D eigenvalue weighted by molar-refractivity contribution is 0.0645. The molecule has 0 atom stereocenters. The summed E-state index contributed by atoms with van der Waals surface area (Å²) in [6, 6.07) is 6.77. The van der Waals surface area contributed by atoms with Crippen molar-refractivity contribution in [1.29, 1.82) is 0 Å². The summed E-state index contributed by atoms with van der Waals surface area (Å²) in [7, 11) is 0. The fraction of sp³-hybridized carbons (Fsp3) is 0.385. The molecule has 1 N–H and O–H groups in total. The summed E-state index contributed by atoms with van der Waals surface area (Å²) in [5.74, 6) is -0.520. The minimum atomic E-state index is -0.260. The van der Waals surface area contributed by atoms with Crippen LogP contribution in [0.3, 0.4) is 0 Å². The number of aliphatic hydroxyl groups excluding tert-OH is 1. The van der Waals surface area contributed by atoms with E-state index in [-0.39, 0.29) is 25.0 Å². The normalized spacial score (nSPS) is 13.2. The van der Waals surface area contributed by atoms with Crippen LogP contribution in [-0.4, -0.2) is 35.0 Å². The van der Waals surface area contributed by atoms with Gasteiger partial charge in [-0.25, -0.2) is 0 Å². The first-order chi connectivity index (χ1) is 8.25. The highest BCUT2D eigenvalue weighted by Gasteiger charge is 2.34. The number of nitrogens with zero attached hydrogens (tertiary/aromatic N) is 1. The average molecular weight is 235 g/mol. The fourth-order valence-electron chi connectivity index (χ4n) is 1.67. The molecule has 1 heterocycles. The maximum Gasteiger partial charge on any atom is 0.261 e. The van der Waals surface area contributed by atoms with Gasteiger partial charge in [-0.05, 0) is 18.6 Å². The van der Waals surface area contributed by atoms with E-state index in [1.54, 1.807) is 24.3 Å². The van der Waals surface area contributed by atoms with E-state index in [1.807, 2.05) is 13.8 Å². The molecule has 0 saturated heterocycles. The fourth-order valence-corrected chi connectivity index (χ4v) is 1.67. The number of amides is 2. The first kappa shape index (κ1) is 13.4. The van der Waals surface area contributed by atoms with Crippen molar-refractivity contribution in [1.82, 2.24) is 4.90 Å². The number of carbonyl (C=O) groups is 2. The third-order valence-electron chi connectivity index (χ3n) is 2.42. The van der Waals surface area contributed by atoms with E-state index in [4.69, 9.17) is 5.11 Å². The van der Waals surface area contributed by atoms with Gasteiger partial charge in [0.1, 0.15) is 0 Å². The van der Waals surface area contributed by atoms with E-state index in [9.17, 15) is 9.59 Å². The first-order valence-electron chi connectivity index (χ1n) is 5.82. The number of imide groups is 1. The molecule has 4 nitrogen and oxygen atoms in total. The SMILES string of the molecule is CC.O=C1c2ccccc2C(=O)N1CCCO. The topological polar surface area (TPSA) is 57.6 Å². The number of fused-ring (bicyclic) bond motifs is 1. The van der Waals surface area contributed by atoms with Gasteiger partial charge in [0, 0.05) is 13.2 Å². The maximum atomic E-state index is 11.7. The summed E-state index contributed by atoms with van der Waals surface area (Å²) in [5.41, 5.74) is 0.917. The Labute approximate surface area is 101 Å². The molecule has 92 valence electrons. The van der Waals surface area contributed by atoms with E-state index in [0.29, 0.717) is 17.5 Å². The largest absolute Gasteiger partial charge is 0.396 e. The first-order valence-corrected chi connectivity index (χ1v) is 5.82. The van der Waals surface area contributed by atoms with Crippen molar-refractivity contribution < 1.29 is 14.7 Å². The van der Waals surface area contributed by atoms with Gasteiger partial charge in [-0.3, -0.25) is 14.5 Å². The Bertz CT molecular complexity index is 380. The van der Waals surface area contributed by atoms with Crippen LogP contribution >= 0.6 is 0 Å². The number of hydrogen-bond donors (Lipinski definition) is 1. The van der Waals surface area contributed by atoms with Crippen LogP contribution in [0.2, 0.25) is 0 Å². The van der Waals surface area contributed by atoms with Crippen LogP contribution in [0.1, 0.15) is 41.0 Å². The van der Waals surface area contributed by atoms with E-state index in [1.165, 1.54) is 4.90 Å². The molecular weight excluding hydrogens is 218 g/mol. The molecule has 0 aliphatic carbocycles. The molecule has 2 rings (SSSR count). The summed E-state index contributed by atoms with van der Waals surface area (Å²) < 4.78 is 0. The van der Waals surface area contributed by atoms with Crippen LogP contribution in [0, 0.1) is 0 Å². The molecule has 1 aromatic rings. The van der Waals surface area contributed by atoms with E-state index < -0.39 is 0 Å². The van der Waals surface area contributed by atoms with Crippen LogP contribution in [0.4, 0.5) is 0 Å². The second-order valence-corrected chi connectivity index (χ2v) is 3.38. The smallest absolute Gasteiger partial charge is 0.261 e. The molecule has 0 aromatic heterocycles. The highest BCUT2D eigenvalue weighted by molar-refractivity contribution is 6.21. The minimum Gasteiger partial charge on any atom is -0.396 e. The number of carbonyl (C=O) groups excluding carboxylic acids is 2. The van der Waals surface area contributed by atoms with Gasteiger partial charge in [0.15, 0.2) is 0 Å². The zero-order valence-corrected chi connectivity index (χ0v) is 10.1. The highest BCUT2D eigenvalue weighted by Crippen LogP contribution is 2.22. The van der Waals surface area contributed by atoms with E-state index in [2.05, 4.69) is 0 Å². The molecular formula is C13H17NO3. The van der Waals surface area contributed by atoms with Crippen molar-refractivity contribution in [2.24, 2.45) is 0 Å². The second kappa shape index (κ2) is 6.15. The van der Waals surface area contributed by atoms with Crippen LogP contribution in [-0.2, 0) is 0 Å². The van der Waals surface area contributed by atoms with Crippen molar-refractivity contribution in [3.8, 4) is 0 Å². The van der Waals surface area contributed by atoms with Gasteiger partial charge in [0.2, 0.25) is 0 Å². The quantitative estimate of drug-likeness (QED) is 0.811. The summed E-state index contributed by atoms with van der Waals surface area (Å²) in [6.45, 7) is 4.26. The predicted molar refractivity (Wildman–Crippen MR) is 64.9 cm³/mol. The van der Waals surface area contributed by atoms with Gasteiger partial charge in [-0.1, -0.05) is 26.0 Å². The van der Waals surface area contributed by atoms with E-state index in [0.717, 1.165) is 0 Å². The Morgan fingerprint density at radius 3 is 1.94 bits per heavy atom. The lowest BCUT2D eigenvalue weighted by Gasteiger charge is -2.11. The van der Waals surface area contributed by atoms with Crippen molar-refractivity contribution in [3.05, 3.63) is 35.4 Å². The van der Waals surface area contributed by atoms with Crippen LogP contribution < -0.4 is 0 Å². The molecule has 1 aliphatic rings. The lowest BCUT2D eigenvalue weighted by atomic mass is 10.1. The number of hydrogen-bond acceptors (Lipinski definition) is 3. The van der Waals surface area contributed by atoms with Gasteiger partial charge < -0.3 is 5.11 Å². The number of rotatable bonds is 3. The third kappa shape index (κ3) is 2.53. The zero-order valence-electron chi connectivity index (χ0n) is 10.1. The predicted octanol–water partition coefficient (Wildman–Crippen LogP) is 1.69. The van der Waals surface area contributed by atoms with E-state index >= 15 is 0 Å². The molecule has 1 aliphatic heterocycles. The van der Waals surface area contributed by atoms with Gasteiger partial charge in [0.05, 0.1) is 11.1 Å². The summed E-state index contributed by atoms with van der Waals surface area (Å²) in [5, 5.41) is 8.67. The monoisotopic (exact) mass is 235 g/mol. The van der Waals surface area contributed by atoms with Crippen molar-refractivity contribution in [3.63, 3.8) is 0 Å². The van der Waals surface area contributed by atoms with Gasteiger partial charge in [-0.15, -0.1) is 0 Å². The van der Waals surface area contributed by atoms with Gasteiger partial charge >= 0.3 is 0 Å². The summed E-state index contributed by atoms with van der Waals surface area (Å²) in [4.78, 5) is 24.7. The van der Waals surface area contributed by atoms with Gasteiger partial charge in [0.25, 0.3) is 11.8 Å². The Hall–Kier alpha value is -1.68. The van der Waals surface area contributed by atoms with Gasteiger partial charge in [-0.2, -0.15) is 0 Å². The molecule has 0 fully saturated rings. The molecule has 4 heteroatoms. The molecule has 17 heavy (non-hydrogen) atoms. The summed E-state index contributed by atoms with van der Waals surface area (Å²) in [6.07, 6.45) is 0.422. The minimum absolute atomic E-state index is 0.0204. The standard InChI is InChI=1S/C11H11NO3.C2H6/c13-7-3-6-12-10(14)8-4-1-2-5-9(8)11(12)15;1-2/h1-2,4-5,13H,3,6-7H2;1-2H3. The van der Waals surface area contributed by atoms with Crippen molar-refractivity contribution in [2.75, 3.05) is 13.2 Å². The second-order valence-electron chi connectivity index (χ2n) is 3.38. The van der Waals surface area contributed by atoms with Crippen LogP contribution in [0.5, 0.6) is 0 Å². The summed E-state index contributed by atoms with van der Waals surface area (Å²) >= 11 is 0. The molecule has 0 bridgehead atoms. The Morgan fingerprint density at radius 1 is 1.06 bits per heavy atom. The Balaban J connectivity index is 0.000000686. The molecule has 1 aromatic carbocycles. The molecule has 0 radical (unpaired) electrons. The lowest BCUT2D eigenvalue weighted by Crippen LogP contribution is -2.31. The molecule has 0 unspecified atom stereocenters. The molecule has 2 amide bonds. The van der Waals surface area contributed by atoms with Crippen molar-refractivity contribution in [2.45, 2.75) is 20.3 Å². The molecule has 0 spiro atoms. The highest BCUT2D eigenvalue weighted by atomic mass is 16.3.